The van der Waals surface area contributed by atoms with E-state index in [1.165, 1.54) is 18.2 Å². The summed E-state index contributed by atoms with van der Waals surface area (Å²) in [6.07, 6.45) is 0.794. The van der Waals surface area contributed by atoms with E-state index in [2.05, 4.69) is 11.9 Å². The highest BCUT2D eigenvalue weighted by molar-refractivity contribution is 6.24. The van der Waals surface area contributed by atoms with Crippen molar-refractivity contribution in [2.75, 3.05) is 6.61 Å². The van der Waals surface area contributed by atoms with Gasteiger partial charge in [-0.05, 0) is 25.0 Å². The molecule has 1 atom stereocenters. The largest absolute Gasteiger partial charge is 0.483 e. The van der Waals surface area contributed by atoms with Crippen molar-refractivity contribution in [3.8, 4) is 5.75 Å². The lowest BCUT2D eigenvalue weighted by Crippen LogP contribution is -2.51. The lowest BCUT2D eigenvalue weighted by molar-refractivity contribution is -0.125. The maximum absolute atomic E-state index is 12.7. The highest BCUT2D eigenvalue weighted by Gasteiger charge is 2.45. The topological polar surface area (TPSA) is 119 Å². The second-order valence-corrected chi connectivity index (χ2v) is 5.56. The Kier molecular flexibility index (Phi) is 3.80. The zero-order chi connectivity index (χ0) is 17.4. The summed E-state index contributed by atoms with van der Waals surface area (Å²) in [4.78, 5) is 49.2. The summed E-state index contributed by atoms with van der Waals surface area (Å²) in [6, 6.07) is 3.59. The molecule has 8 nitrogen and oxygen atoms in total. The smallest absolute Gasteiger partial charge is 0.266 e. The van der Waals surface area contributed by atoms with Gasteiger partial charge in [0.1, 0.15) is 11.8 Å². The van der Waals surface area contributed by atoms with Gasteiger partial charge in [-0.25, -0.2) is 0 Å². The van der Waals surface area contributed by atoms with Crippen LogP contribution in [-0.4, -0.2) is 41.2 Å². The highest BCUT2D eigenvalue weighted by Crippen LogP contribution is 2.33. The van der Waals surface area contributed by atoms with E-state index in [1.54, 1.807) is 0 Å². The van der Waals surface area contributed by atoms with Crippen LogP contribution in [0.4, 0.5) is 0 Å². The van der Waals surface area contributed by atoms with E-state index in [0.717, 1.165) is 4.90 Å². The van der Waals surface area contributed by atoms with Gasteiger partial charge in [0.15, 0.2) is 6.61 Å². The first-order valence-electron chi connectivity index (χ1n) is 7.30. The molecule has 4 amide bonds. The molecule has 1 unspecified atom stereocenters. The van der Waals surface area contributed by atoms with Crippen molar-refractivity contribution in [1.82, 2.24) is 10.2 Å². The van der Waals surface area contributed by atoms with Crippen LogP contribution in [0.2, 0.25) is 0 Å². The number of ether oxygens (including phenoxy) is 1. The number of imide groups is 1. The van der Waals surface area contributed by atoms with Crippen LogP contribution in [0.15, 0.2) is 30.5 Å². The Hall–Kier alpha value is -3.16. The van der Waals surface area contributed by atoms with E-state index in [1.807, 2.05) is 0 Å². The van der Waals surface area contributed by atoms with Gasteiger partial charge in [-0.15, -0.1) is 0 Å². The predicted molar refractivity (Wildman–Crippen MR) is 81.9 cm³/mol. The van der Waals surface area contributed by atoms with Crippen molar-refractivity contribution in [3.05, 3.63) is 41.6 Å². The number of nitrogens with two attached hydrogens (primary N) is 1. The minimum atomic E-state index is -0.896. The Balaban J connectivity index is 1.94. The summed E-state index contributed by atoms with van der Waals surface area (Å²) in [5.41, 5.74) is 5.77. The lowest BCUT2D eigenvalue weighted by Gasteiger charge is -2.29. The molecule has 1 fully saturated rings. The molecule has 3 N–H and O–H groups in total. The Morgan fingerprint density at radius 2 is 2.08 bits per heavy atom. The number of carbonyl (C=O) groups is 4. The second kappa shape index (κ2) is 5.80. The summed E-state index contributed by atoms with van der Waals surface area (Å²) in [5.74, 6) is -2.24. The number of benzene rings is 1. The first-order valence-corrected chi connectivity index (χ1v) is 7.30. The van der Waals surface area contributed by atoms with Crippen LogP contribution in [0.25, 0.3) is 0 Å². The number of piperidine rings is 1. The fourth-order valence-corrected chi connectivity index (χ4v) is 2.83. The number of hydrogen-bond acceptors (Lipinski definition) is 5. The number of rotatable bonds is 4. The van der Waals surface area contributed by atoms with E-state index < -0.39 is 36.3 Å². The first-order chi connectivity index (χ1) is 11.4. The number of primary amides is 1. The zero-order valence-electron chi connectivity index (χ0n) is 12.7. The van der Waals surface area contributed by atoms with Crippen molar-refractivity contribution in [2.24, 2.45) is 5.73 Å². The van der Waals surface area contributed by atoms with Crippen molar-refractivity contribution in [1.29, 1.82) is 0 Å². The van der Waals surface area contributed by atoms with Gasteiger partial charge in [0, 0.05) is 5.70 Å². The molecule has 0 aliphatic carbocycles. The minimum Gasteiger partial charge on any atom is -0.483 e. The average Bonchev–Trinajstić information content (AvgIpc) is 2.78. The van der Waals surface area contributed by atoms with E-state index in [4.69, 9.17) is 10.5 Å². The van der Waals surface area contributed by atoms with Gasteiger partial charge in [-0.3, -0.25) is 24.1 Å². The third kappa shape index (κ3) is 2.51. The molecule has 2 aliphatic heterocycles. The third-order valence-electron chi connectivity index (χ3n) is 3.91. The monoisotopic (exact) mass is 329 g/mol. The van der Waals surface area contributed by atoms with E-state index in [0.29, 0.717) is 18.5 Å². The van der Waals surface area contributed by atoms with Crippen LogP contribution < -0.4 is 15.8 Å². The van der Waals surface area contributed by atoms with Gasteiger partial charge in [0.2, 0.25) is 5.91 Å². The molecule has 3 rings (SSSR count). The third-order valence-corrected chi connectivity index (χ3v) is 3.91. The molecular weight excluding hydrogens is 314 g/mol. The van der Waals surface area contributed by atoms with E-state index >= 15 is 0 Å². The number of nitrogens with one attached hydrogen (secondary N) is 1. The number of hydrogen-bond donors (Lipinski definition) is 2. The van der Waals surface area contributed by atoms with Crippen molar-refractivity contribution in [2.45, 2.75) is 18.9 Å². The summed E-state index contributed by atoms with van der Waals surface area (Å²) in [5, 5.41) is 2.56. The molecule has 0 radical (unpaired) electrons. The maximum Gasteiger partial charge on any atom is 0.266 e. The first kappa shape index (κ1) is 15.7. The van der Waals surface area contributed by atoms with Crippen molar-refractivity contribution >= 4 is 23.6 Å². The fraction of sp³-hybridized carbons (Fsp3) is 0.250. The number of nitrogens with zero attached hydrogens (tertiary/aromatic N) is 1. The van der Waals surface area contributed by atoms with Crippen LogP contribution in [0, 0.1) is 0 Å². The Morgan fingerprint density at radius 1 is 1.33 bits per heavy atom. The summed E-state index contributed by atoms with van der Waals surface area (Å²) >= 11 is 0. The molecule has 0 aromatic heterocycles. The van der Waals surface area contributed by atoms with Gasteiger partial charge in [0.25, 0.3) is 17.7 Å². The molecule has 8 heteroatoms. The molecule has 0 saturated carbocycles. The normalized spacial score (nSPS) is 20.0. The number of allylic oxidation sites excluding steroid dienone is 1. The molecule has 1 aromatic carbocycles. The molecule has 2 heterocycles. The van der Waals surface area contributed by atoms with E-state index in [9.17, 15) is 19.2 Å². The molecule has 124 valence electrons. The maximum atomic E-state index is 12.7. The van der Waals surface area contributed by atoms with Crippen molar-refractivity contribution in [3.63, 3.8) is 0 Å². The molecule has 0 bridgehead atoms. The number of amides is 4. The fourth-order valence-electron chi connectivity index (χ4n) is 2.83. The SMILES string of the molecule is C=C1CCC(N2C(=O)c3cccc(OCC(N)=O)c3C2=O)C(=O)N1. The lowest BCUT2D eigenvalue weighted by atomic mass is 10.0. The Labute approximate surface area is 137 Å². The quantitative estimate of drug-likeness (QED) is 0.750. The van der Waals surface area contributed by atoms with Gasteiger partial charge < -0.3 is 15.8 Å². The van der Waals surface area contributed by atoms with Crippen LogP contribution in [0.1, 0.15) is 33.6 Å². The molecule has 1 saturated heterocycles. The summed E-state index contributed by atoms with van der Waals surface area (Å²) in [6.45, 7) is 3.26. The second-order valence-electron chi connectivity index (χ2n) is 5.56. The van der Waals surface area contributed by atoms with Crippen LogP contribution in [-0.2, 0) is 9.59 Å². The van der Waals surface area contributed by atoms with Gasteiger partial charge in [0.05, 0.1) is 11.1 Å². The Morgan fingerprint density at radius 3 is 2.75 bits per heavy atom. The molecule has 24 heavy (non-hydrogen) atoms. The molecular formula is C16H15N3O5. The molecule has 1 aromatic rings. The Bertz CT molecular complexity index is 786. The molecule has 2 aliphatic rings. The molecule has 0 spiro atoms. The summed E-state index contributed by atoms with van der Waals surface area (Å²) < 4.78 is 5.22. The summed E-state index contributed by atoms with van der Waals surface area (Å²) in [7, 11) is 0. The highest BCUT2D eigenvalue weighted by atomic mass is 16.5. The average molecular weight is 329 g/mol. The number of fused-ring (bicyclic) bond motifs is 1. The van der Waals surface area contributed by atoms with E-state index in [-0.39, 0.29) is 16.9 Å². The minimum absolute atomic E-state index is 0.0425. The predicted octanol–water partition coefficient (Wildman–Crippen LogP) is -0.0610. The van der Waals surface area contributed by atoms with Crippen molar-refractivity contribution < 1.29 is 23.9 Å². The van der Waals surface area contributed by atoms with Crippen LogP contribution in [0.5, 0.6) is 5.75 Å². The van der Waals surface area contributed by atoms with Gasteiger partial charge in [-0.2, -0.15) is 0 Å². The zero-order valence-corrected chi connectivity index (χ0v) is 12.7. The number of carbonyl (C=O) groups excluding carboxylic acids is 4. The van der Waals surface area contributed by atoms with Gasteiger partial charge in [-0.1, -0.05) is 12.6 Å². The van der Waals surface area contributed by atoms with Gasteiger partial charge >= 0.3 is 0 Å². The van der Waals surface area contributed by atoms with Crippen LogP contribution >= 0.6 is 0 Å². The standard InChI is InChI=1S/C16H15N3O5/c1-8-5-6-10(14(21)18-8)19-15(22)9-3-2-4-11(13(9)16(19)23)24-7-12(17)20/h2-4,10H,1,5-7H2,(H2,17,20)(H,18,21). The van der Waals surface area contributed by atoms with Crippen LogP contribution in [0.3, 0.4) is 0 Å².